The summed E-state index contributed by atoms with van der Waals surface area (Å²) in [7, 11) is 0. The predicted octanol–water partition coefficient (Wildman–Crippen LogP) is 2.34. The van der Waals surface area contributed by atoms with Crippen LogP contribution in [-0.4, -0.2) is 35.0 Å². The number of halogens is 1. The minimum absolute atomic E-state index is 0.155. The molecule has 0 aliphatic heterocycles. The number of carbonyl (C=O) groups excluding carboxylic acids is 2. The molecule has 2 amide bonds. The van der Waals surface area contributed by atoms with Gasteiger partial charge in [0.15, 0.2) is 0 Å². The van der Waals surface area contributed by atoms with Crippen molar-refractivity contribution >= 4 is 11.8 Å². The lowest BCUT2D eigenvalue weighted by atomic mass is 10.1. The van der Waals surface area contributed by atoms with Gasteiger partial charge in [-0.1, -0.05) is 35.0 Å². The Labute approximate surface area is 154 Å². The monoisotopic (exact) mass is 368 g/mol. The van der Waals surface area contributed by atoms with E-state index >= 15 is 0 Å². The number of nitrogens with one attached hydrogen (secondary N) is 2. The number of hydrogen-bond donors (Lipinski definition) is 2. The van der Waals surface area contributed by atoms with E-state index in [1.807, 2.05) is 31.2 Å². The van der Waals surface area contributed by atoms with Crippen LogP contribution in [0.3, 0.4) is 0 Å². The molecule has 0 unspecified atom stereocenters. The Morgan fingerprint density at radius 3 is 2.52 bits per heavy atom. The number of benzene rings is 2. The fourth-order valence-electron chi connectivity index (χ4n) is 2.38. The molecule has 1 aromatic heterocycles. The highest BCUT2D eigenvalue weighted by Crippen LogP contribution is 2.16. The zero-order valence-corrected chi connectivity index (χ0v) is 14.5. The summed E-state index contributed by atoms with van der Waals surface area (Å²) in [6.07, 6.45) is 0. The zero-order valence-electron chi connectivity index (χ0n) is 14.5. The SMILES string of the molecule is Cc1cccc(-c2noc(C(=O)NCCNC(=O)c3cccc(F)c3)n2)c1. The number of carbonyl (C=O) groups is 2. The van der Waals surface area contributed by atoms with Crippen LogP contribution in [0.1, 0.15) is 26.6 Å². The summed E-state index contributed by atoms with van der Waals surface area (Å²) in [5.41, 5.74) is 2.00. The molecule has 27 heavy (non-hydrogen) atoms. The maximum atomic E-state index is 13.1. The fourth-order valence-corrected chi connectivity index (χ4v) is 2.38. The molecule has 0 fully saturated rings. The molecular weight excluding hydrogens is 351 g/mol. The third-order valence-corrected chi connectivity index (χ3v) is 3.68. The number of nitrogens with zero attached hydrogens (tertiary/aromatic N) is 2. The topological polar surface area (TPSA) is 97.1 Å². The van der Waals surface area contributed by atoms with Gasteiger partial charge >= 0.3 is 11.8 Å². The number of rotatable bonds is 6. The molecule has 3 rings (SSSR count). The normalized spacial score (nSPS) is 10.4. The quantitative estimate of drug-likeness (QED) is 0.651. The molecule has 0 spiro atoms. The minimum Gasteiger partial charge on any atom is -0.350 e. The number of amides is 2. The summed E-state index contributed by atoms with van der Waals surface area (Å²) in [5, 5.41) is 8.95. The van der Waals surface area contributed by atoms with Gasteiger partial charge in [0.1, 0.15) is 5.82 Å². The van der Waals surface area contributed by atoms with E-state index in [4.69, 9.17) is 4.52 Å². The van der Waals surface area contributed by atoms with E-state index in [0.29, 0.717) is 5.82 Å². The number of aromatic nitrogens is 2. The Kier molecular flexibility index (Phi) is 5.55. The van der Waals surface area contributed by atoms with E-state index in [9.17, 15) is 14.0 Å². The lowest BCUT2D eigenvalue weighted by molar-refractivity contribution is 0.0898. The highest BCUT2D eigenvalue weighted by molar-refractivity contribution is 5.94. The van der Waals surface area contributed by atoms with Crippen LogP contribution in [0.5, 0.6) is 0 Å². The van der Waals surface area contributed by atoms with Crippen molar-refractivity contribution in [2.45, 2.75) is 6.92 Å². The van der Waals surface area contributed by atoms with Crippen LogP contribution in [0.25, 0.3) is 11.4 Å². The van der Waals surface area contributed by atoms with E-state index in [2.05, 4.69) is 20.8 Å². The van der Waals surface area contributed by atoms with Crippen molar-refractivity contribution in [2.24, 2.45) is 0 Å². The number of aryl methyl sites for hydroxylation is 1. The summed E-state index contributed by atoms with van der Waals surface area (Å²) >= 11 is 0. The first-order valence-electron chi connectivity index (χ1n) is 8.25. The van der Waals surface area contributed by atoms with Crippen molar-refractivity contribution in [3.05, 3.63) is 71.4 Å². The van der Waals surface area contributed by atoms with E-state index < -0.39 is 17.6 Å². The van der Waals surface area contributed by atoms with Crippen LogP contribution in [0.15, 0.2) is 53.1 Å². The molecule has 2 N–H and O–H groups in total. The van der Waals surface area contributed by atoms with Crippen molar-refractivity contribution in [2.75, 3.05) is 13.1 Å². The van der Waals surface area contributed by atoms with Crippen LogP contribution in [-0.2, 0) is 0 Å². The molecule has 3 aromatic rings. The van der Waals surface area contributed by atoms with E-state index in [-0.39, 0.29) is 24.5 Å². The summed E-state index contributed by atoms with van der Waals surface area (Å²) in [4.78, 5) is 28.0. The van der Waals surface area contributed by atoms with Crippen LogP contribution in [0, 0.1) is 12.7 Å². The molecule has 0 saturated heterocycles. The average molecular weight is 368 g/mol. The second kappa shape index (κ2) is 8.22. The molecular formula is C19H17FN4O3. The lowest BCUT2D eigenvalue weighted by Gasteiger charge is -2.05. The van der Waals surface area contributed by atoms with Crippen molar-refractivity contribution in [3.63, 3.8) is 0 Å². The highest BCUT2D eigenvalue weighted by atomic mass is 19.1. The van der Waals surface area contributed by atoms with Gasteiger partial charge in [0.2, 0.25) is 5.82 Å². The molecule has 7 nitrogen and oxygen atoms in total. The first-order valence-corrected chi connectivity index (χ1v) is 8.25. The maximum absolute atomic E-state index is 13.1. The highest BCUT2D eigenvalue weighted by Gasteiger charge is 2.16. The summed E-state index contributed by atoms with van der Waals surface area (Å²) < 4.78 is 18.1. The lowest BCUT2D eigenvalue weighted by Crippen LogP contribution is -2.34. The third kappa shape index (κ3) is 4.75. The van der Waals surface area contributed by atoms with E-state index in [0.717, 1.165) is 17.2 Å². The van der Waals surface area contributed by atoms with Gasteiger partial charge < -0.3 is 15.2 Å². The predicted molar refractivity (Wildman–Crippen MR) is 95.5 cm³/mol. The molecule has 8 heteroatoms. The van der Waals surface area contributed by atoms with Gasteiger partial charge in [-0.3, -0.25) is 9.59 Å². The Morgan fingerprint density at radius 1 is 1.04 bits per heavy atom. The van der Waals surface area contributed by atoms with Crippen LogP contribution in [0.4, 0.5) is 4.39 Å². The Bertz CT molecular complexity index is 971. The second-order valence-electron chi connectivity index (χ2n) is 5.81. The smallest absolute Gasteiger partial charge is 0.316 e. The van der Waals surface area contributed by atoms with Gasteiger partial charge in [-0.15, -0.1) is 0 Å². The first kappa shape index (κ1) is 18.2. The molecule has 2 aromatic carbocycles. The van der Waals surface area contributed by atoms with E-state index in [1.165, 1.54) is 18.2 Å². The van der Waals surface area contributed by atoms with Crippen LogP contribution < -0.4 is 10.6 Å². The van der Waals surface area contributed by atoms with Gasteiger partial charge in [0, 0.05) is 24.2 Å². The summed E-state index contributed by atoms with van der Waals surface area (Å²) in [6, 6.07) is 12.9. The zero-order chi connectivity index (χ0) is 19.2. The van der Waals surface area contributed by atoms with Crippen molar-refractivity contribution in [3.8, 4) is 11.4 Å². The van der Waals surface area contributed by atoms with Gasteiger partial charge in [0.05, 0.1) is 0 Å². The largest absolute Gasteiger partial charge is 0.350 e. The Balaban J connectivity index is 1.49. The molecule has 1 heterocycles. The second-order valence-corrected chi connectivity index (χ2v) is 5.81. The minimum atomic E-state index is -0.540. The Morgan fingerprint density at radius 2 is 1.78 bits per heavy atom. The van der Waals surface area contributed by atoms with Crippen LogP contribution in [0.2, 0.25) is 0 Å². The molecule has 0 bridgehead atoms. The fraction of sp³-hybridized carbons (Fsp3) is 0.158. The van der Waals surface area contributed by atoms with Gasteiger partial charge in [-0.25, -0.2) is 4.39 Å². The molecule has 0 aliphatic rings. The molecule has 138 valence electrons. The average Bonchev–Trinajstić information content (AvgIpc) is 3.15. The standard InChI is InChI=1S/C19H17FN4O3/c1-12-4-2-5-13(10-12)16-23-19(27-24-16)18(26)22-9-8-21-17(25)14-6-3-7-15(20)11-14/h2-7,10-11H,8-9H2,1H3,(H,21,25)(H,22,26). The van der Waals surface area contributed by atoms with Gasteiger partial charge in [0.25, 0.3) is 5.91 Å². The number of hydrogen-bond acceptors (Lipinski definition) is 5. The van der Waals surface area contributed by atoms with Crippen LogP contribution >= 0.6 is 0 Å². The van der Waals surface area contributed by atoms with E-state index in [1.54, 1.807) is 0 Å². The third-order valence-electron chi connectivity index (χ3n) is 3.68. The first-order chi connectivity index (χ1) is 13.0. The van der Waals surface area contributed by atoms with Crippen molar-refractivity contribution < 1.29 is 18.5 Å². The summed E-state index contributed by atoms with van der Waals surface area (Å²) in [6.45, 7) is 2.26. The molecule has 0 saturated carbocycles. The van der Waals surface area contributed by atoms with Gasteiger partial charge in [-0.05, 0) is 31.2 Å². The molecule has 0 aliphatic carbocycles. The van der Waals surface area contributed by atoms with Gasteiger partial charge in [-0.2, -0.15) is 4.98 Å². The molecule has 0 radical (unpaired) electrons. The maximum Gasteiger partial charge on any atom is 0.316 e. The summed E-state index contributed by atoms with van der Waals surface area (Å²) in [5.74, 6) is -1.30. The molecule has 0 atom stereocenters. The van der Waals surface area contributed by atoms with Crippen molar-refractivity contribution in [1.29, 1.82) is 0 Å². The Hall–Kier alpha value is -3.55. The van der Waals surface area contributed by atoms with Crippen molar-refractivity contribution in [1.82, 2.24) is 20.8 Å².